The van der Waals surface area contributed by atoms with E-state index < -0.39 is 5.41 Å². The van der Waals surface area contributed by atoms with Crippen molar-refractivity contribution in [3.8, 4) is 33.8 Å². The maximum absolute atomic E-state index is 6.87. The minimum Gasteiger partial charge on any atom is -0.456 e. The van der Waals surface area contributed by atoms with E-state index in [2.05, 4.69) is 169 Å². The number of nitrogens with zero attached hydrogens (tertiary/aromatic N) is 1. The van der Waals surface area contributed by atoms with Crippen molar-refractivity contribution in [3.63, 3.8) is 0 Å². The van der Waals surface area contributed by atoms with Gasteiger partial charge in [0.25, 0.3) is 0 Å². The average Bonchev–Trinajstić information content (AvgIpc) is 3.36. The standard InChI is InChI=1S/C40H28INO/c1-26(27-13-3-2-4-14-27)42-39(41)29-16-11-15-28(25-29)30-19-12-23-36-38(30)43-37-24-10-9-22-35(37)40(36)33-20-7-5-17-31(33)32-18-6-8-21-34(32)40/h2-25,39H,1H3. The second-order valence-corrected chi connectivity index (χ2v) is 12.3. The van der Waals surface area contributed by atoms with Crippen molar-refractivity contribution in [1.29, 1.82) is 0 Å². The van der Waals surface area contributed by atoms with E-state index in [4.69, 9.17) is 9.73 Å². The minimum absolute atomic E-state index is 0.0149. The van der Waals surface area contributed by atoms with Crippen molar-refractivity contribution in [3.05, 3.63) is 179 Å². The Bertz CT molecular complexity index is 2000. The van der Waals surface area contributed by atoms with E-state index in [0.29, 0.717) is 0 Å². The van der Waals surface area contributed by atoms with Crippen LogP contribution < -0.4 is 4.74 Å². The van der Waals surface area contributed by atoms with Crippen molar-refractivity contribution >= 4 is 28.3 Å². The molecule has 3 heteroatoms. The first-order valence-electron chi connectivity index (χ1n) is 14.6. The summed E-state index contributed by atoms with van der Waals surface area (Å²) in [5.41, 5.74) is 12.6. The maximum atomic E-state index is 6.87. The second-order valence-electron chi connectivity index (χ2n) is 11.2. The maximum Gasteiger partial charge on any atom is 0.140 e. The van der Waals surface area contributed by atoms with Gasteiger partial charge < -0.3 is 4.74 Å². The van der Waals surface area contributed by atoms with E-state index >= 15 is 0 Å². The summed E-state index contributed by atoms with van der Waals surface area (Å²) in [5, 5.41) is 0. The predicted molar refractivity (Wildman–Crippen MR) is 185 cm³/mol. The molecule has 1 heterocycles. The largest absolute Gasteiger partial charge is 0.456 e. The molecule has 43 heavy (non-hydrogen) atoms. The van der Waals surface area contributed by atoms with Gasteiger partial charge in [-0.25, -0.2) is 0 Å². The number of hydrogen-bond acceptors (Lipinski definition) is 2. The van der Waals surface area contributed by atoms with Crippen molar-refractivity contribution in [2.45, 2.75) is 16.4 Å². The SMILES string of the molecule is CC(=NC(I)c1cccc(-c2cccc3c2Oc2ccccc2C32c3ccccc3-c3ccccc32)c1)c1ccccc1. The van der Waals surface area contributed by atoms with Crippen LogP contribution in [0.2, 0.25) is 0 Å². The molecule has 2 nitrogen and oxygen atoms in total. The van der Waals surface area contributed by atoms with Crippen LogP contribution in [0.1, 0.15) is 44.4 Å². The Hall–Kier alpha value is -4.48. The van der Waals surface area contributed by atoms with Gasteiger partial charge in [0, 0.05) is 22.4 Å². The first kappa shape index (κ1) is 26.2. The molecule has 0 bridgehead atoms. The van der Waals surface area contributed by atoms with Gasteiger partial charge in [0.2, 0.25) is 0 Å². The second kappa shape index (κ2) is 10.4. The Labute approximate surface area is 265 Å². The lowest BCUT2D eigenvalue weighted by Gasteiger charge is -2.40. The van der Waals surface area contributed by atoms with E-state index in [1.165, 1.54) is 33.4 Å². The molecule has 6 aromatic rings. The number of fused-ring (bicyclic) bond motifs is 9. The third-order valence-corrected chi connectivity index (χ3v) is 9.84. The first-order chi connectivity index (χ1) is 21.2. The van der Waals surface area contributed by atoms with Crippen LogP contribution in [0.4, 0.5) is 0 Å². The highest BCUT2D eigenvalue weighted by Crippen LogP contribution is 2.63. The van der Waals surface area contributed by atoms with Crippen molar-refractivity contribution in [2.75, 3.05) is 0 Å². The summed E-state index contributed by atoms with van der Waals surface area (Å²) >= 11 is 2.44. The van der Waals surface area contributed by atoms with E-state index in [1.54, 1.807) is 0 Å². The molecule has 0 N–H and O–H groups in total. The molecular formula is C40H28INO. The highest BCUT2D eigenvalue weighted by molar-refractivity contribution is 14.1. The number of aliphatic imine (C=N–C) groups is 1. The van der Waals surface area contributed by atoms with Crippen molar-refractivity contribution in [2.24, 2.45) is 4.99 Å². The van der Waals surface area contributed by atoms with Gasteiger partial charge in [-0.1, -0.05) is 156 Å². The third kappa shape index (κ3) is 4.02. The zero-order valence-corrected chi connectivity index (χ0v) is 25.8. The van der Waals surface area contributed by atoms with Crippen LogP contribution in [-0.4, -0.2) is 5.71 Å². The first-order valence-corrected chi connectivity index (χ1v) is 15.9. The summed E-state index contributed by atoms with van der Waals surface area (Å²) in [7, 11) is 0. The molecule has 0 amide bonds. The van der Waals surface area contributed by atoms with Crippen molar-refractivity contribution < 1.29 is 4.74 Å². The topological polar surface area (TPSA) is 21.6 Å². The van der Waals surface area contributed by atoms with Gasteiger partial charge in [-0.2, -0.15) is 0 Å². The number of ether oxygens (including phenoxy) is 1. The molecule has 1 unspecified atom stereocenters. The molecule has 0 saturated heterocycles. The molecule has 0 fully saturated rings. The Balaban J connectivity index is 1.32. The Kier molecular flexibility index (Phi) is 6.30. The molecule has 6 aromatic carbocycles. The van der Waals surface area contributed by atoms with Crippen LogP contribution in [0.5, 0.6) is 11.5 Å². The van der Waals surface area contributed by atoms with Gasteiger partial charge in [-0.15, -0.1) is 0 Å². The fourth-order valence-corrected chi connectivity index (χ4v) is 7.76. The van der Waals surface area contributed by atoms with Crippen LogP contribution in [0, 0.1) is 0 Å². The third-order valence-electron chi connectivity index (χ3n) is 8.85. The Morgan fingerprint density at radius 1 is 0.605 bits per heavy atom. The smallest absolute Gasteiger partial charge is 0.140 e. The fourth-order valence-electron chi connectivity index (χ4n) is 6.96. The quantitative estimate of drug-likeness (QED) is 0.0794. The highest BCUT2D eigenvalue weighted by Gasteiger charge is 2.51. The van der Waals surface area contributed by atoms with Gasteiger partial charge in [0.05, 0.1) is 5.41 Å². The van der Waals surface area contributed by atoms with E-state index in [-0.39, 0.29) is 4.05 Å². The molecular weight excluding hydrogens is 637 g/mol. The summed E-state index contributed by atoms with van der Waals surface area (Å²) in [6, 6.07) is 52.0. The highest BCUT2D eigenvalue weighted by atomic mass is 127. The zero-order valence-electron chi connectivity index (χ0n) is 23.7. The summed E-state index contributed by atoms with van der Waals surface area (Å²) in [6.07, 6.45) is 0. The fraction of sp³-hybridized carbons (Fsp3) is 0.0750. The Morgan fingerprint density at radius 3 is 1.93 bits per heavy atom. The lowest BCUT2D eigenvalue weighted by molar-refractivity contribution is 0.438. The summed E-state index contributed by atoms with van der Waals surface area (Å²) < 4.78 is 6.86. The van der Waals surface area contributed by atoms with Crippen LogP contribution in [0.25, 0.3) is 22.3 Å². The van der Waals surface area contributed by atoms with Crippen LogP contribution in [0.15, 0.2) is 151 Å². The van der Waals surface area contributed by atoms with Gasteiger partial charge in [0.1, 0.15) is 15.5 Å². The monoisotopic (exact) mass is 665 g/mol. The predicted octanol–water partition coefficient (Wildman–Crippen LogP) is 10.8. The van der Waals surface area contributed by atoms with E-state index in [1.807, 2.05) is 6.07 Å². The van der Waals surface area contributed by atoms with Gasteiger partial charge in [-0.3, -0.25) is 4.99 Å². The molecule has 8 rings (SSSR count). The van der Waals surface area contributed by atoms with Crippen LogP contribution in [-0.2, 0) is 5.41 Å². The number of para-hydroxylation sites is 2. The molecule has 0 radical (unpaired) electrons. The number of benzene rings is 6. The minimum atomic E-state index is -0.464. The van der Waals surface area contributed by atoms with Crippen LogP contribution in [0.3, 0.4) is 0 Å². The molecule has 0 aromatic heterocycles. The summed E-state index contributed by atoms with van der Waals surface area (Å²) in [6.45, 7) is 2.08. The van der Waals surface area contributed by atoms with E-state index in [0.717, 1.165) is 39.5 Å². The molecule has 1 aliphatic carbocycles. The number of alkyl halides is 1. The number of rotatable bonds is 4. The average molecular weight is 666 g/mol. The zero-order chi connectivity index (χ0) is 29.0. The van der Waals surface area contributed by atoms with Gasteiger partial charge in [0.15, 0.2) is 0 Å². The normalized spacial score (nSPS) is 14.7. The Morgan fingerprint density at radius 2 is 1.19 bits per heavy atom. The summed E-state index contributed by atoms with van der Waals surface area (Å²) in [5.74, 6) is 1.82. The van der Waals surface area contributed by atoms with E-state index in [9.17, 15) is 0 Å². The lowest BCUT2D eigenvalue weighted by Crippen LogP contribution is -2.32. The van der Waals surface area contributed by atoms with Gasteiger partial charge in [-0.05, 0) is 58.0 Å². The summed E-state index contributed by atoms with van der Waals surface area (Å²) in [4.78, 5) is 5.05. The van der Waals surface area contributed by atoms with Crippen LogP contribution >= 0.6 is 22.6 Å². The number of halogens is 1. The molecule has 0 saturated carbocycles. The molecule has 1 spiro atoms. The lowest BCUT2D eigenvalue weighted by atomic mass is 9.65. The van der Waals surface area contributed by atoms with Gasteiger partial charge >= 0.3 is 0 Å². The molecule has 1 atom stereocenters. The molecule has 206 valence electrons. The molecule has 1 aliphatic heterocycles. The van der Waals surface area contributed by atoms with Crippen molar-refractivity contribution in [1.82, 2.24) is 0 Å². The molecule has 2 aliphatic rings. The number of hydrogen-bond donors (Lipinski definition) is 0.